The first kappa shape index (κ1) is 28.9. The number of para-hydroxylation sites is 4. The highest BCUT2D eigenvalue weighted by Gasteiger charge is 2.50. The van der Waals surface area contributed by atoms with Crippen LogP contribution in [0.25, 0.3) is 22.3 Å². The van der Waals surface area contributed by atoms with E-state index in [0.29, 0.717) is 34.5 Å². The molecule has 4 aromatic carbocycles. The molecule has 0 unspecified atom stereocenters. The van der Waals surface area contributed by atoms with Crippen LogP contribution in [0.1, 0.15) is 0 Å². The predicted octanol–water partition coefficient (Wildman–Crippen LogP) is 11.1. The van der Waals surface area contributed by atoms with Gasteiger partial charge in [0.15, 0.2) is 0 Å². The fraction of sp³-hybridized carbons (Fsp3) is 0. The SMILES string of the molecule is c1ccc2c(c1)OP1(=NP(Oc3ccncc3)(Oc3ccncc3)=NP3(=N1)Oc1ccccc1-c1ccccc1O3)Oc1ccccc1-2. The first-order chi connectivity index (χ1) is 23.6. The molecule has 3 aliphatic heterocycles. The second-order valence-electron chi connectivity index (χ2n) is 10.6. The number of rotatable bonds is 4. The number of fused-ring (bicyclic) bond motifs is 6. The zero-order chi connectivity index (χ0) is 32.0. The molecule has 0 aliphatic carbocycles. The highest BCUT2D eigenvalue weighted by Crippen LogP contribution is 2.80. The number of pyridine rings is 2. The summed E-state index contributed by atoms with van der Waals surface area (Å²) in [6.07, 6.45) is 6.44. The summed E-state index contributed by atoms with van der Waals surface area (Å²) in [6.45, 7) is 0. The zero-order valence-corrected chi connectivity index (χ0v) is 27.6. The van der Waals surface area contributed by atoms with E-state index in [1.807, 2.05) is 97.1 Å². The number of benzene rings is 4. The standard InChI is InChI=1S/C34H24N5O6P3/c1-5-13-31-27(9-1)28-10-2-6-14-32(28)43-47(42-31)37-46(40-25-17-21-35-22-18-25,41-26-19-23-36-24-20-26)38-48(39-47)44-33-15-7-3-11-29(33)30-12-4-8-16-34(30)45-48/h1-24H. The van der Waals surface area contributed by atoms with Crippen molar-refractivity contribution in [3.63, 3.8) is 0 Å². The highest BCUT2D eigenvalue weighted by atomic mass is 31.3. The van der Waals surface area contributed by atoms with Crippen LogP contribution in [0, 0.1) is 0 Å². The van der Waals surface area contributed by atoms with Crippen molar-refractivity contribution in [3.8, 4) is 56.8 Å². The molecule has 236 valence electrons. The molecule has 2 aromatic heterocycles. The summed E-state index contributed by atoms with van der Waals surface area (Å²) in [7, 11) is -11.6. The van der Waals surface area contributed by atoms with Gasteiger partial charge in [-0.2, -0.15) is 0 Å². The summed E-state index contributed by atoms with van der Waals surface area (Å²) in [4.78, 5) is 8.31. The maximum Gasteiger partial charge on any atom is 0.460 e. The lowest BCUT2D eigenvalue weighted by Gasteiger charge is -2.32. The van der Waals surface area contributed by atoms with Crippen LogP contribution in [0.3, 0.4) is 0 Å². The van der Waals surface area contributed by atoms with Crippen LogP contribution in [0.5, 0.6) is 34.5 Å². The van der Waals surface area contributed by atoms with E-state index in [1.54, 1.807) is 49.1 Å². The Morgan fingerprint density at radius 1 is 0.375 bits per heavy atom. The van der Waals surface area contributed by atoms with Crippen molar-refractivity contribution in [1.29, 1.82) is 0 Å². The quantitative estimate of drug-likeness (QED) is 0.168. The number of aromatic nitrogens is 2. The van der Waals surface area contributed by atoms with E-state index in [0.717, 1.165) is 22.3 Å². The van der Waals surface area contributed by atoms with E-state index < -0.39 is 23.0 Å². The molecular weight excluding hydrogens is 667 g/mol. The van der Waals surface area contributed by atoms with Crippen molar-refractivity contribution in [1.82, 2.24) is 9.97 Å². The predicted molar refractivity (Wildman–Crippen MR) is 184 cm³/mol. The Bertz CT molecular complexity index is 2080. The van der Waals surface area contributed by atoms with Gasteiger partial charge < -0.3 is 27.1 Å². The molecule has 5 heterocycles. The molecule has 0 atom stereocenters. The van der Waals surface area contributed by atoms with Crippen LogP contribution < -0.4 is 27.1 Å². The van der Waals surface area contributed by atoms with Gasteiger partial charge >= 0.3 is 23.0 Å². The van der Waals surface area contributed by atoms with Gasteiger partial charge in [0.1, 0.15) is 34.5 Å². The molecule has 3 aliphatic rings. The van der Waals surface area contributed by atoms with E-state index in [2.05, 4.69) is 9.97 Å². The van der Waals surface area contributed by atoms with E-state index >= 15 is 0 Å². The summed E-state index contributed by atoms with van der Waals surface area (Å²) in [5, 5.41) is 0. The Morgan fingerprint density at radius 3 is 1.08 bits per heavy atom. The Morgan fingerprint density at radius 2 is 0.708 bits per heavy atom. The van der Waals surface area contributed by atoms with Crippen molar-refractivity contribution >= 4 is 23.0 Å². The van der Waals surface area contributed by atoms with E-state index in [1.165, 1.54) is 0 Å². The average molecular weight is 692 g/mol. The van der Waals surface area contributed by atoms with E-state index in [-0.39, 0.29) is 0 Å². The lowest BCUT2D eigenvalue weighted by atomic mass is 10.0. The van der Waals surface area contributed by atoms with E-state index in [4.69, 9.17) is 40.7 Å². The zero-order valence-electron chi connectivity index (χ0n) is 24.9. The molecule has 0 saturated heterocycles. The van der Waals surface area contributed by atoms with Crippen LogP contribution >= 0.6 is 23.0 Å². The molecule has 2 spiro atoms. The molecule has 0 bridgehead atoms. The highest BCUT2D eigenvalue weighted by molar-refractivity contribution is 7.79. The molecule has 0 fully saturated rings. The fourth-order valence-corrected chi connectivity index (χ4v) is 14.6. The topological polar surface area (TPSA) is 118 Å². The van der Waals surface area contributed by atoms with Gasteiger partial charge in [0.25, 0.3) is 0 Å². The minimum Gasteiger partial charge on any atom is -0.413 e. The van der Waals surface area contributed by atoms with Crippen LogP contribution in [-0.2, 0) is 0 Å². The van der Waals surface area contributed by atoms with Crippen LogP contribution in [0.4, 0.5) is 0 Å². The molecule has 0 radical (unpaired) electrons. The third-order valence-electron chi connectivity index (χ3n) is 7.42. The summed E-state index contributed by atoms with van der Waals surface area (Å²) < 4.78 is 56.4. The van der Waals surface area contributed by atoms with Gasteiger partial charge in [0.2, 0.25) is 0 Å². The minimum atomic E-state index is -3.89. The van der Waals surface area contributed by atoms with Crippen LogP contribution in [0.15, 0.2) is 160 Å². The average Bonchev–Trinajstić information content (AvgIpc) is 3.31. The van der Waals surface area contributed by atoms with Gasteiger partial charge in [-0.05, 0) is 48.5 Å². The van der Waals surface area contributed by atoms with Crippen molar-refractivity contribution in [3.05, 3.63) is 146 Å². The largest absolute Gasteiger partial charge is 0.460 e. The lowest BCUT2D eigenvalue weighted by Crippen LogP contribution is -2.10. The first-order valence-electron chi connectivity index (χ1n) is 14.9. The molecular formula is C34H24N5O6P3. The molecule has 0 saturated carbocycles. The van der Waals surface area contributed by atoms with Gasteiger partial charge in [-0.1, -0.05) is 86.3 Å². The Kier molecular flexibility index (Phi) is 6.87. The van der Waals surface area contributed by atoms with Gasteiger partial charge in [-0.25, -0.2) is 0 Å². The second kappa shape index (κ2) is 11.4. The van der Waals surface area contributed by atoms with Crippen molar-refractivity contribution in [2.75, 3.05) is 0 Å². The molecule has 14 heteroatoms. The Balaban J connectivity index is 1.38. The van der Waals surface area contributed by atoms with Gasteiger partial charge in [-0.3, -0.25) is 9.97 Å². The molecule has 11 nitrogen and oxygen atoms in total. The second-order valence-corrected chi connectivity index (χ2v) is 16.8. The maximum atomic E-state index is 6.85. The maximum absolute atomic E-state index is 6.85. The van der Waals surface area contributed by atoms with Crippen molar-refractivity contribution < 1.29 is 27.1 Å². The fourth-order valence-electron chi connectivity index (χ4n) is 5.42. The van der Waals surface area contributed by atoms with Gasteiger partial charge in [-0.15, -0.1) is 0 Å². The van der Waals surface area contributed by atoms with Gasteiger partial charge in [0.05, 0.1) is 0 Å². The number of hydrogen-bond acceptors (Lipinski definition) is 11. The monoisotopic (exact) mass is 691 g/mol. The third-order valence-corrected chi connectivity index (χ3v) is 15.5. The smallest absolute Gasteiger partial charge is 0.413 e. The first-order valence-corrected chi connectivity index (χ1v) is 19.4. The number of hydrogen-bond donors (Lipinski definition) is 0. The number of nitrogens with zero attached hydrogens (tertiary/aromatic N) is 5. The van der Waals surface area contributed by atoms with Crippen LogP contribution in [-0.4, -0.2) is 9.97 Å². The molecule has 6 aromatic rings. The molecule has 48 heavy (non-hydrogen) atoms. The molecule has 0 N–H and O–H groups in total. The summed E-state index contributed by atoms with van der Waals surface area (Å²) in [5.74, 6) is 2.89. The third kappa shape index (κ3) is 5.23. The van der Waals surface area contributed by atoms with Crippen molar-refractivity contribution in [2.45, 2.75) is 0 Å². The summed E-state index contributed by atoms with van der Waals surface area (Å²) in [5.41, 5.74) is 3.27. The summed E-state index contributed by atoms with van der Waals surface area (Å²) >= 11 is 0. The van der Waals surface area contributed by atoms with Crippen molar-refractivity contribution in [2.24, 2.45) is 13.5 Å². The van der Waals surface area contributed by atoms with Crippen LogP contribution in [0.2, 0.25) is 0 Å². The lowest BCUT2D eigenvalue weighted by molar-refractivity contribution is 0.448. The molecule has 0 amide bonds. The van der Waals surface area contributed by atoms with Gasteiger partial charge in [0, 0.05) is 47.0 Å². The summed E-state index contributed by atoms with van der Waals surface area (Å²) in [6, 6.07) is 37.4. The molecule has 9 rings (SSSR count). The van der Waals surface area contributed by atoms with E-state index in [9.17, 15) is 0 Å². The Labute approximate surface area is 275 Å². The Hall–Kier alpha value is -5.33. The normalized spacial score (nSPS) is 16.8. The minimum absolute atomic E-state index is 0.407.